The molecule has 6 heteroatoms. The fraction of sp³-hybridized carbons (Fsp3) is 0.294. The normalized spacial score (nSPS) is 14.6. The molecule has 120 valence electrons. The molecule has 0 saturated carbocycles. The zero-order valence-electron chi connectivity index (χ0n) is 12.5. The Morgan fingerprint density at radius 1 is 1.00 bits per heavy atom. The summed E-state index contributed by atoms with van der Waals surface area (Å²) in [4.78, 5) is 26.3. The smallest absolute Gasteiger partial charge is 0.291 e. The highest BCUT2D eigenvalue weighted by Crippen LogP contribution is 2.18. The average Bonchev–Trinajstić information content (AvgIpc) is 3.02. The Morgan fingerprint density at radius 3 is 2.30 bits per heavy atom. The molecular formula is C17H17BrN2O3. The average molecular weight is 377 g/mol. The summed E-state index contributed by atoms with van der Waals surface area (Å²) in [6, 6.07) is 10.2. The van der Waals surface area contributed by atoms with Crippen molar-refractivity contribution >= 4 is 33.4 Å². The lowest BCUT2D eigenvalue weighted by Gasteiger charge is -2.26. The zero-order valence-corrected chi connectivity index (χ0v) is 14.1. The van der Waals surface area contributed by atoms with Gasteiger partial charge in [-0.1, -0.05) is 0 Å². The standard InChI is InChI=1S/C17H17BrN2O3/c18-15-9-8-14(23-15)16(21)19-13-6-4-12(5-7-13)17(22)20-10-2-1-3-11-20/h4-9H,1-3,10-11H2,(H,19,21). The van der Waals surface area contributed by atoms with Crippen molar-refractivity contribution in [3.05, 3.63) is 52.4 Å². The lowest BCUT2D eigenvalue weighted by atomic mass is 10.1. The molecule has 5 nitrogen and oxygen atoms in total. The SMILES string of the molecule is O=C(Nc1ccc(C(=O)N2CCCCC2)cc1)c1ccc(Br)o1. The van der Waals surface area contributed by atoms with Gasteiger partial charge in [0.15, 0.2) is 10.4 Å². The molecule has 0 bridgehead atoms. The van der Waals surface area contributed by atoms with E-state index in [-0.39, 0.29) is 17.6 Å². The number of carbonyl (C=O) groups excluding carboxylic acids is 2. The third-order valence-corrected chi connectivity index (χ3v) is 4.26. The Bertz CT molecular complexity index is 703. The van der Waals surface area contributed by atoms with E-state index in [1.807, 2.05) is 4.90 Å². The van der Waals surface area contributed by atoms with Gasteiger partial charge in [0.05, 0.1) is 0 Å². The van der Waals surface area contributed by atoms with Gasteiger partial charge in [0.2, 0.25) is 0 Å². The molecule has 0 atom stereocenters. The summed E-state index contributed by atoms with van der Waals surface area (Å²) in [7, 11) is 0. The van der Waals surface area contributed by atoms with Crippen LogP contribution in [0.15, 0.2) is 45.5 Å². The van der Waals surface area contributed by atoms with Crippen molar-refractivity contribution in [3.8, 4) is 0 Å². The van der Waals surface area contributed by atoms with Gasteiger partial charge in [-0.2, -0.15) is 0 Å². The fourth-order valence-electron chi connectivity index (χ4n) is 2.60. The summed E-state index contributed by atoms with van der Waals surface area (Å²) in [6.45, 7) is 1.65. The van der Waals surface area contributed by atoms with Crippen LogP contribution in [0.5, 0.6) is 0 Å². The predicted molar refractivity (Wildman–Crippen MR) is 90.6 cm³/mol. The second-order valence-electron chi connectivity index (χ2n) is 5.49. The van der Waals surface area contributed by atoms with E-state index in [2.05, 4.69) is 21.2 Å². The van der Waals surface area contributed by atoms with Crippen LogP contribution in [0.2, 0.25) is 0 Å². The van der Waals surface area contributed by atoms with Crippen molar-refractivity contribution in [1.82, 2.24) is 4.90 Å². The maximum Gasteiger partial charge on any atom is 0.291 e. The number of anilines is 1. The number of rotatable bonds is 3. The number of hydrogen-bond donors (Lipinski definition) is 1. The summed E-state index contributed by atoms with van der Waals surface area (Å²) in [5.41, 5.74) is 1.27. The van der Waals surface area contributed by atoms with E-state index < -0.39 is 0 Å². The summed E-state index contributed by atoms with van der Waals surface area (Å²) < 4.78 is 5.71. The van der Waals surface area contributed by atoms with Crippen LogP contribution in [0, 0.1) is 0 Å². The molecule has 1 fully saturated rings. The predicted octanol–water partition coefficient (Wildman–Crippen LogP) is 3.92. The number of likely N-dealkylation sites (tertiary alicyclic amines) is 1. The molecule has 1 aromatic heterocycles. The van der Waals surface area contributed by atoms with Crippen LogP contribution in [0.1, 0.15) is 40.2 Å². The molecular weight excluding hydrogens is 360 g/mol. The van der Waals surface area contributed by atoms with Crippen molar-refractivity contribution in [2.75, 3.05) is 18.4 Å². The molecule has 2 amide bonds. The maximum atomic E-state index is 12.4. The maximum absolute atomic E-state index is 12.4. The Balaban J connectivity index is 1.64. The van der Waals surface area contributed by atoms with E-state index in [0.717, 1.165) is 25.9 Å². The van der Waals surface area contributed by atoms with Crippen molar-refractivity contribution in [3.63, 3.8) is 0 Å². The largest absolute Gasteiger partial charge is 0.444 e. The Morgan fingerprint density at radius 2 is 1.70 bits per heavy atom. The summed E-state index contributed by atoms with van der Waals surface area (Å²) >= 11 is 3.16. The van der Waals surface area contributed by atoms with Crippen molar-refractivity contribution in [2.45, 2.75) is 19.3 Å². The highest BCUT2D eigenvalue weighted by molar-refractivity contribution is 9.10. The third kappa shape index (κ3) is 3.82. The second-order valence-corrected chi connectivity index (χ2v) is 6.27. The molecule has 2 aromatic rings. The molecule has 3 rings (SSSR count). The topological polar surface area (TPSA) is 62.6 Å². The highest BCUT2D eigenvalue weighted by atomic mass is 79.9. The van der Waals surface area contributed by atoms with E-state index in [4.69, 9.17) is 4.42 Å². The van der Waals surface area contributed by atoms with E-state index in [1.54, 1.807) is 36.4 Å². The lowest BCUT2D eigenvalue weighted by Crippen LogP contribution is -2.35. The van der Waals surface area contributed by atoms with Gasteiger partial charge in [0, 0.05) is 24.3 Å². The summed E-state index contributed by atoms with van der Waals surface area (Å²) in [5.74, 6) is -0.0475. The van der Waals surface area contributed by atoms with Gasteiger partial charge < -0.3 is 14.6 Å². The number of halogens is 1. The Hall–Kier alpha value is -2.08. The lowest BCUT2D eigenvalue weighted by molar-refractivity contribution is 0.0724. The van der Waals surface area contributed by atoms with E-state index in [9.17, 15) is 9.59 Å². The van der Waals surface area contributed by atoms with Crippen LogP contribution in [0.4, 0.5) is 5.69 Å². The van der Waals surface area contributed by atoms with Gasteiger partial charge in [-0.25, -0.2) is 0 Å². The first-order valence-electron chi connectivity index (χ1n) is 7.59. The van der Waals surface area contributed by atoms with Gasteiger partial charge in [0.25, 0.3) is 11.8 Å². The minimum Gasteiger partial charge on any atom is -0.444 e. The number of hydrogen-bond acceptors (Lipinski definition) is 3. The molecule has 1 aliphatic heterocycles. The number of nitrogens with one attached hydrogen (secondary N) is 1. The van der Waals surface area contributed by atoms with Crippen LogP contribution in [0.3, 0.4) is 0 Å². The number of amides is 2. The molecule has 1 saturated heterocycles. The van der Waals surface area contributed by atoms with Gasteiger partial charge in [-0.3, -0.25) is 9.59 Å². The first-order valence-corrected chi connectivity index (χ1v) is 8.39. The van der Waals surface area contributed by atoms with Gasteiger partial charge >= 0.3 is 0 Å². The van der Waals surface area contributed by atoms with E-state index in [1.165, 1.54) is 6.42 Å². The first-order chi connectivity index (χ1) is 11.1. The number of piperidine rings is 1. The second kappa shape index (κ2) is 7.00. The monoisotopic (exact) mass is 376 g/mol. The zero-order chi connectivity index (χ0) is 16.2. The van der Waals surface area contributed by atoms with Gasteiger partial charge in [-0.05, 0) is 71.6 Å². The summed E-state index contributed by atoms with van der Waals surface area (Å²) in [6.07, 6.45) is 3.33. The third-order valence-electron chi connectivity index (χ3n) is 3.83. The number of nitrogens with zero attached hydrogens (tertiary/aromatic N) is 1. The first kappa shape index (κ1) is 15.8. The molecule has 23 heavy (non-hydrogen) atoms. The van der Waals surface area contributed by atoms with Crippen LogP contribution in [-0.4, -0.2) is 29.8 Å². The highest BCUT2D eigenvalue weighted by Gasteiger charge is 2.18. The van der Waals surface area contributed by atoms with E-state index >= 15 is 0 Å². The molecule has 0 aliphatic carbocycles. The van der Waals surface area contributed by atoms with Crippen LogP contribution in [-0.2, 0) is 0 Å². The summed E-state index contributed by atoms with van der Waals surface area (Å²) in [5, 5.41) is 2.74. The molecule has 1 aromatic carbocycles. The Labute approximate surface area is 142 Å². The fourth-order valence-corrected chi connectivity index (χ4v) is 2.91. The van der Waals surface area contributed by atoms with Crippen molar-refractivity contribution in [1.29, 1.82) is 0 Å². The Kier molecular flexibility index (Phi) is 4.81. The molecule has 0 spiro atoms. The molecule has 2 heterocycles. The molecule has 1 aliphatic rings. The van der Waals surface area contributed by atoms with Crippen molar-refractivity contribution in [2.24, 2.45) is 0 Å². The number of carbonyl (C=O) groups is 2. The van der Waals surface area contributed by atoms with Crippen LogP contribution >= 0.6 is 15.9 Å². The van der Waals surface area contributed by atoms with Crippen molar-refractivity contribution < 1.29 is 14.0 Å². The number of benzene rings is 1. The molecule has 0 unspecified atom stereocenters. The van der Waals surface area contributed by atoms with E-state index in [0.29, 0.717) is 15.9 Å². The van der Waals surface area contributed by atoms with Gasteiger partial charge in [0.1, 0.15) is 0 Å². The number of furan rings is 1. The van der Waals surface area contributed by atoms with Crippen LogP contribution < -0.4 is 5.32 Å². The molecule has 0 radical (unpaired) electrons. The minimum absolute atomic E-state index is 0.0533. The quantitative estimate of drug-likeness (QED) is 0.882. The van der Waals surface area contributed by atoms with Crippen LogP contribution in [0.25, 0.3) is 0 Å². The minimum atomic E-state index is -0.328. The molecule has 1 N–H and O–H groups in total. The van der Waals surface area contributed by atoms with Gasteiger partial charge in [-0.15, -0.1) is 0 Å².